The first-order chi connectivity index (χ1) is 10.3. The second-order valence-electron chi connectivity index (χ2n) is 6.04. The molecule has 1 aromatic rings. The van der Waals surface area contributed by atoms with Crippen LogP contribution in [-0.2, 0) is 9.47 Å². The minimum Gasteiger partial charge on any atom is -0.376 e. The Morgan fingerprint density at radius 2 is 2.00 bits per heavy atom. The van der Waals surface area contributed by atoms with Gasteiger partial charge in [0.25, 0.3) is 0 Å². The summed E-state index contributed by atoms with van der Waals surface area (Å²) in [6, 6.07) is 9.16. The highest BCUT2D eigenvalue weighted by atomic mass is 79.9. The van der Waals surface area contributed by atoms with Crippen LogP contribution in [0, 0.1) is 0 Å². The second-order valence-corrected chi connectivity index (χ2v) is 6.96. The van der Waals surface area contributed by atoms with Gasteiger partial charge in [0.2, 0.25) is 0 Å². The van der Waals surface area contributed by atoms with Crippen LogP contribution in [0.3, 0.4) is 0 Å². The van der Waals surface area contributed by atoms with Gasteiger partial charge in [0.05, 0.1) is 18.8 Å². The molecule has 2 unspecified atom stereocenters. The van der Waals surface area contributed by atoms with E-state index in [-0.39, 0.29) is 12.2 Å². The molecule has 1 N–H and O–H groups in total. The van der Waals surface area contributed by atoms with Gasteiger partial charge in [-0.05, 0) is 49.8 Å². The molecular formula is C17H24BrNO2. The van der Waals surface area contributed by atoms with Crippen LogP contribution in [-0.4, -0.2) is 31.9 Å². The average molecular weight is 354 g/mol. The fourth-order valence-electron chi connectivity index (χ4n) is 2.67. The molecule has 1 heterocycles. The van der Waals surface area contributed by atoms with Gasteiger partial charge in [0, 0.05) is 23.7 Å². The number of nitrogens with one attached hydrogen (secondary N) is 1. The van der Waals surface area contributed by atoms with E-state index in [9.17, 15) is 0 Å². The number of hydrogen-bond acceptors (Lipinski definition) is 3. The fraction of sp³-hybridized carbons (Fsp3) is 0.647. The van der Waals surface area contributed by atoms with Crippen molar-refractivity contribution in [2.45, 2.75) is 50.4 Å². The third-order valence-electron chi connectivity index (χ3n) is 4.17. The van der Waals surface area contributed by atoms with E-state index >= 15 is 0 Å². The molecule has 1 saturated carbocycles. The Kier molecular flexibility index (Phi) is 5.69. The summed E-state index contributed by atoms with van der Waals surface area (Å²) < 4.78 is 13.1. The van der Waals surface area contributed by atoms with Crippen LogP contribution in [0.5, 0.6) is 0 Å². The zero-order valence-corrected chi connectivity index (χ0v) is 14.0. The minimum absolute atomic E-state index is 0.115. The van der Waals surface area contributed by atoms with Crippen molar-refractivity contribution in [3.8, 4) is 0 Å². The lowest BCUT2D eigenvalue weighted by molar-refractivity contribution is -0.0634. The molecule has 1 aliphatic heterocycles. The molecule has 21 heavy (non-hydrogen) atoms. The summed E-state index contributed by atoms with van der Waals surface area (Å²) in [6.45, 7) is 2.48. The van der Waals surface area contributed by atoms with Crippen LogP contribution in [0.2, 0.25) is 0 Å². The molecular weight excluding hydrogens is 330 g/mol. The molecule has 0 bridgehead atoms. The lowest BCUT2D eigenvalue weighted by Crippen LogP contribution is -2.30. The highest BCUT2D eigenvalue weighted by molar-refractivity contribution is 9.10. The topological polar surface area (TPSA) is 30.5 Å². The maximum absolute atomic E-state index is 6.18. The SMILES string of the molecule is Brc1ccc(C(CNC2CC2)OCC2CCCCO2)cc1. The van der Waals surface area contributed by atoms with Gasteiger partial charge >= 0.3 is 0 Å². The number of rotatable bonds is 7. The van der Waals surface area contributed by atoms with Crippen molar-refractivity contribution >= 4 is 15.9 Å². The van der Waals surface area contributed by atoms with E-state index in [0.717, 1.165) is 24.0 Å². The van der Waals surface area contributed by atoms with Crippen LogP contribution in [0.4, 0.5) is 0 Å². The quantitative estimate of drug-likeness (QED) is 0.807. The number of ether oxygens (including phenoxy) is 2. The van der Waals surface area contributed by atoms with Crippen LogP contribution >= 0.6 is 15.9 Å². The van der Waals surface area contributed by atoms with Crippen molar-refractivity contribution in [1.82, 2.24) is 5.32 Å². The lowest BCUT2D eigenvalue weighted by atomic mass is 10.1. The van der Waals surface area contributed by atoms with E-state index in [1.54, 1.807) is 0 Å². The molecule has 0 amide bonds. The average Bonchev–Trinajstić information content (AvgIpc) is 3.34. The summed E-state index contributed by atoms with van der Waals surface area (Å²) in [5.74, 6) is 0. The Hall–Kier alpha value is -0.420. The van der Waals surface area contributed by atoms with Gasteiger partial charge in [-0.15, -0.1) is 0 Å². The first-order valence-corrected chi connectivity index (χ1v) is 8.82. The minimum atomic E-state index is 0.115. The molecule has 1 saturated heterocycles. The van der Waals surface area contributed by atoms with Crippen LogP contribution in [0.1, 0.15) is 43.8 Å². The Labute approximate surface area is 135 Å². The summed E-state index contributed by atoms with van der Waals surface area (Å²) in [7, 11) is 0. The van der Waals surface area contributed by atoms with Gasteiger partial charge in [-0.25, -0.2) is 0 Å². The van der Waals surface area contributed by atoms with Crippen molar-refractivity contribution in [1.29, 1.82) is 0 Å². The maximum Gasteiger partial charge on any atom is 0.0950 e. The van der Waals surface area contributed by atoms with Gasteiger partial charge in [0.1, 0.15) is 0 Å². The fourth-order valence-corrected chi connectivity index (χ4v) is 2.94. The Morgan fingerprint density at radius 1 is 1.19 bits per heavy atom. The first-order valence-electron chi connectivity index (χ1n) is 8.03. The van der Waals surface area contributed by atoms with E-state index in [1.807, 2.05) is 0 Å². The molecule has 116 valence electrons. The summed E-state index contributed by atoms with van der Waals surface area (Å²) in [4.78, 5) is 0. The summed E-state index contributed by atoms with van der Waals surface area (Å²) >= 11 is 3.49. The van der Waals surface area contributed by atoms with Crippen molar-refractivity contribution in [3.63, 3.8) is 0 Å². The molecule has 1 aromatic carbocycles. The monoisotopic (exact) mass is 353 g/mol. The van der Waals surface area contributed by atoms with Gasteiger partial charge in [-0.1, -0.05) is 28.1 Å². The number of benzene rings is 1. The van der Waals surface area contributed by atoms with Gasteiger partial charge < -0.3 is 14.8 Å². The number of hydrogen-bond donors (Lipinski definition) is 1. The maximum atomic E-state index is 6.18. The molecule has 0 aromatic heterocycles. The molecule has 3 nitrogen and oxygen atoms in total. The third kappa shape index (κ3) is 5.06. The van der Waals surface area contributed by atoms with E-state index in [1.165, 1.54) is 31.2 Å². The largest absolute Gasteiger partial charge is 0.376 e. The zero-order chi connectivity index (χ0) is 14.5. The normalized spacial score (nSPS) is 24.0. The van der Waals surface area contributed by atoms with Gasteiger partial charge in [-0.2, -0.15) is 0 Å². The van der Waals surface area contributed by atoms with Gasteiger partial charge in [0.15, 0.2) is 0 Å². The molecule has 2 atom stereocenters. The van der Waals surface area contributed by atoms with E-state index < -0.39 is 0 Å². The van der Waals surface area contributed by atoms with E-state index in [2.05, 4.69) is 45.5 Å². The molecule has 1 aliphatic carbocycles. The van der Waals surface area contributed by atoms with Crippen molar-refractivity contribution in [2.24, 2.45) is 0 Å². The first kappa shape index (κ1) is 15.5. The molecule has 3 rings (SSSR count). The smallest absolute Gasteiger partial charge is 0.0950 e. The summed E-state index contributed by atoms with van der Waals surface area (Å²) in [5, 5.41) is 3.58. The van der Waals surface area contributed by atoms with Crippen LogP contribution in [0.25, 0.3) is 0 Å². The summed E-state index contributed by atoms with van der Waals surface area (Å²) in [6.07, 6.45) is 6.58. The third-order valence-corrected chi connectivity index (χ3v) is 4.70. The van der Waals surface area contributed by atoms with Crippen molar-refractivity contribution in [2.75, 3.05) is 19.8 Å². The Morgan fingerprint density at radius 3 is 2.67 bits per heavy atom. The van der Waals surface area contributed by atoms with Crippen LogP contribution in [0.15, 0.2) is 28.7 Å². The predicted molar refractivity (Wildman–Crippen MR) is 87.5 cm³/mol. The van der Waals surface area contributed by atoms with E-state index in [4.69, 9.17) is 9.47 Å². The molecule has 2 fully saturated rings. The lowest BCUT2D eigenvalue weighted by Gasteiger charge is -2.26. The Bertz CT molecular complexity index is 427. The standard InChI is InChI=1S/C17H24BrNO2/c18-14-6-4-13(5-7-14)17(11-19-15-8-9-15)21-12-16-3-1-2-10-20-16/h4-7,15-17,19H,1-3,8-12H2. The highest BCUT2D eigenvalue weighted by Gasteiger charge is 2.24. The van der Waals surface area contributed by atoms with Crippen molar-refractivity contribution < 1.29 is 9.47 Å². The predicted octanol–water partition coefficient (Wildman–Crippen LogP) is 3.83. The van der Waals surface area contributed by atoms with Crippen molar-refractivity contribution in [3.05, 3.63) is 34.3 Å². The molecule has 0 radical (unpaired) electrons. The van der Waals surface area contributed by atoms with E-state index in [0.29, 0.717) is 12.6 Å². The number of halogens is 1. The van der Waals surface area contributed by atoms with Gasteiger partial charge in [-0.3, -0.25) is 0 Å². The molecule has 2 aliphatic rings. The summed E-state index contributed by atoms with van der Waals surface area (Å²) in [5.41, 5.74) is 1.24. The Balaban J connectivity index is 1.55. The van der Waals surface area contributed by atoms with Crippen LogP contribution < -0.4 is 5.32 Å². The zero-order valence-electron chi connectivity index (χ0n) is 12.4. The molecule has 0 spiro atoms. The second kappa shape index (κ2) is 7.73. The molecule has 4 heteroatoms. The highest BCUT2D eigenvalue weighted by Crippen LogP contribution is 2.24.